The SMILES string of the molecule is Cc1cccc(C(=O)NCCOc2ccc(-c3cccs3)nn2)c1. The Morgan fingerprint density at radius 3 is 2.79 bits per heavy atom. The molecule has 2 aromatic heterocycles. The van der Waals surface area contributed by atoms with Crippen molar-refractivity contribution >= 4 is 17.2 Å². The van der Waals surface area contributed by atoms with Crippen molar-refractivity contribution in [3.63, 3.8) is 0 Å². The molecule has 1 aromatic carbocycles. The van der Waals surface area contributed by atoms with Gasteiger partial charge in [-0.25, -0.2) is 0 Å². The average molecular weight is 339 g/mol. The van der Waals surface area contributed by atoms with Crippen molar-refractivity contribution in [1.82, 2.24) is 15.5 Å². The van der Waals surface area contributed by atoms with Gasteiger partial charge >= 0.3 is 0 Å². The second-order valence-electron chi connectivity index (χ2n) is 5.21. The van der Waals surface area contributed by atoms with Crippen LogP contribution in [0.15, 0.2) is 53.9 Å². The van der Waals surface area contributed by atoms with Gasteiger partial charge in [0.1, 0.15) is 12.3 Å². The number of aromatic nitrogens is 2. The van der Waals surface area contributed by atoms with Crippen molar-refractivity contribution in [3.8, 4) is 16.5 Å². The third-order valence-electron chi connectivity index (χ3n) is 3.33. The van der Waals surface area contributed by atoms with Crippen LogP contribution in [0.25, 0.3) is 10.6 Å². The molecule has 0 bridgehead atoms. The van der Waals surface area contributed by atoms with E-state index in [1.54, 1.807) is 23.5 Å². The van der Waals surface area contributed by atoms with E-state index in [1.165, 1.54) is 0 Å². The van der Waals surface area contributed by atoms with Gasteiger partial charge in [-0.1, -0.05) is 23.8 Å². The molecule has 1 amide bonds. The summed E-state index contributed by atoms with van der Waals surface area (Å²) in [6.07, 6.45) is 0. The highest BCUT2D eigenvalue weighted by atomic mass is 32.1. The van der Waals surface area contributed by atoms with Gasteiger partial charge in [0.05, 0.1) is 11.4 Å². The maximum atomic E-state index is 12.0. The van der Waals surface area contributed by atoms with E-state index in [0.29, 0.717) is 24.6 Å². The molecular weight excluding hydrogens is 322 g/mol. The van der Waals surface area contributed by atoms with Gasteiger partial charge in [-0.05, 0) is 36.6 Å². The van der Waals surface area contributed by atoms with Crippen molar-refractivity contribution in [1.29, 1.82) is 0 Å². The fourth-order valence-corrected chi connectivity index (χ4v) is 2.85. The third kappa shape index (κ3) is 4.17. The average Bonchev–Trinajstić information content (AvgIpc) is 3.14. The predicted molar refractivity (Wildman–Crippen MR) is 94.4 cm³/mol. The van der Waals surface area contributed by atoms with E-state index in [1.807, 2.05) is 48.7 Å². The van der Waals surface area contributed by atoms with E-state index in [9.17, 15) is 4.79 Å². The molecule has 0 spiro atoms. The Bertz CT molecular complexity index is 801. The predicted octanol–water partition coefficient (Wildman–Crippen LogP) is 3.32. The first-order valence-electron chi connectivity index (χ1n) is 7.57. The lowest BCUT2D eigenvalue weighted by molar-refractivity contribution is 0.0946. The number of nitrogens with one attached hydrogen (secondary N) is 1. The second kappa shape index (κ2) is 7.70. The van der Waals surface area contributed by atoms with E-state index in [4.69, 9.17) is 4.74 Å². The molecule has 3 aromatic rings. The third-order valence-corrected chi connectivity index (χ3v) is 4.22. The minimum absolute atomic E-state index is 0.110. The zero-order valence-corrected chi connectivity index (χ0v) is 14.0. The molecule has 24 heavy (non-hydrogen) atoms. The van der Waals surface area contributed by atoms with Crippen LogP contribution >= 0.6 is 11.3 Å². The Labute approximate surface area is 144 Å². The zero-order valence-electron chi connectivity index (χ0n) is 13.2. The number of carbonyl (C=O) groups excluding carboxylic acids is 1. The topological polar surface area (TPSA) is 64.1 Å². The maximum absolute atomic E-state index is 12.0. The van der Waals surface area contributed by atoms with Gasteiger partial charge in [-0.3, -0.25) is 4.79 Å². The first-order valence-corrected chi connectivity index (χ1v) is 8.45. The summed E-state index contributed by atoms with van der Waals surface area (Å²) < 4.78 is 5.50. The molecular formula is C18H17N3O2S. The highest BCUT2D eigenvalue weighted by Crippen LogP contribution is 2.22. The fourth-order valence-electron chi connectivity index (χ4n) is 2.16. The van der Waals surface area contributed by atoms with Crippen LogP contribution in [0.4, 0.5) is 0 Å². The number of rotatable bonds is 6. The molecule has 0 atom stereocenters. The number of nitrogens with zero attached hydrogens (tertiary/aromatic N) is 2. The number of benzene rings is 1. The van der Waals surface area contributed by atoms with Gasteiger partial charge in [0.2, 0.25) is 5.88 Å². The van der Waals surface area contributed by atoms with E-state index < -0.39 is 0 Å². The van der Waals surface area contributed by atoms with E-state index in [-0.39, 0.29) is 5.91 Å². The number of hydrogen-bond acceptors (Lipinski definition) is 5. The largest absolute Gasteiger partial charge is 0.475 e. The number of hydrogen-bond donors (Lipinski definition) is 1. The molecule has 0 aliphatic heterocycles. The zero-order chi connectivity index (χ0) is 16.8. The molecule has 3 rings (SSSR count). The van der Waals surface area contributed by atoms with Crippen molar-refractivity contribution in [2.24, 2.45) is 0 Å². The fraction of sp³-hybridized carbons (Fsp3) is 0.167. The molecule has 6 heteroatoms. The molecule has 1 N–H and O–H groups in total. The summed E-state index contributed by atoms with van der Waals surface area (Å²) in [5.41, 5.74) is 2.53. The number of aryl methyl sites for hydroxylation is 1. The highest BCUT2D eigenvalue weighted by Gasteiger charge is 2.05. The summed E-state index contributed by atoms with van der Waals surface area (Å²) in [5.74, 6) is 0.335. The monoisotopic (exact) mass is 339 g/mol. The van der Waals surface area contributed by atoms with Crippen molar-refractivity contribution in [3.05, 3.63) is 65.0 Å². The van der Waals surface area contributed by atoms with E-state index >= 15 is 0 Å². The number of amides is 1. The van der Waals surface area contributed by atoms with Gasteiger partial charge in [0.25, 0.3) is 5.91 Å². The minimum Gasteiger partial charge on any atom is -0.475 e. The van der Waals surface area contributed by atoms with Crippen LogP contribution in [0.3, 0.4) is 0 Å². The second-order valence-corrected chi connectivity index (χ2v) is 6.16. The highest BCUT2D eigenvalue weighted by molar-refractivity contribution is 7.13. The van der Waals surface area contributed by atoms with Crippen molar-refractivity contribution < 1.29 is 9.53 Å². The quantitative estimate of drug-likeness (QED) is 0.700. The summed E-state index contributed by atoms with van der Waals surface area (Å²) >= 11 is 1.61. The Kier molecular flexibility index (Phi) is 5.18. The lowest BCUT2D eigenvalue weighted by Gasteiger charge is -2.07. The first-order chi connectivity index (χ1) is 11.7. The van der Waals surface area contributed by atoms with Crippen LogP contribution in [-0.2, 0) is 0 Å². The Balaban J connectivity index is 1.46. The van der Waals surface area contributed by atoms with Gasteiger partial charge in [0.15, 0.2) is 0 Å². The minimum atomic E-state index is -0.110. The molecule has 0 aliphatic carbocycles. The number of carbonyl (C=O) groups is 1. The lowest BCUT2D eigenvalue weighted by Crippen LogP contribution is -2.28. The summed E-state index contributed by atoms with van der Waals surface area (Å²) in [5, 5.41) is 13.0. The van der Waals surface area contributed by atoms with Crippen molar-refractivity contribution in [2.45, 2.75) is 6.92 Å². The van der Waals surface area contributed by atoms with Crippen LogP contribution < -0.4 is 10.1 Å². The van der Waals surface area contributed by atoms with Gasteiger partial charge in [-0.15, -0.1) is 21.5 Å². The molecule has 0 fully saturated rings. The molecule has 0 unspecified atom stereocenters. The lowest BCUT2D eigenvalue weighted by atomic mass is 10.1. The maximum Gasteiger partial charge on any atom is 0.251 e. The molecule has 0 saturated carbocycles. The van der Waals surface area contributed by atoms with E-state index in [0.717, 1.165) is 16.1 Å². The van der Waals surface area contributed by atoms with Crippen molar-refractivity contribution in [2.75, 3.05) is 13.2 Å². The van der Waals surface area contributed by atoms with Gasteiger partial charge in [0, 0.05) is 11.6 Å². The summed E-state index contributed by atoms with van der Waals surface area (Å²) in [7, 11) is 0. The van der Waals surface area contributed by atoms with Crippen LogP contribution in [0.1, 0.15) is 15.9 Å². The van der Waals surface area contributed by atoms with Crippen LogP contribution in [0.2, 0.25) is 0 Å². The normalized spacial score (nSPS) is 10.4. The Morgan fingerprint density at radius 2 is 2.08 bits per heavy atom. The molecule has 5 nitrogen and oxygen atoms in total. The van der Waals surface area contributed by atoms with Crippen LogP contribution in [0.5, 0.6) is 5.88 Å². The van der Waals surface area contributed by atoms with Gasteiger partial charge in [-0.2, -0.15) is 0 Å². The number of thiophene rings is 1. The molecule has 0 saturated heterocycles. The molecule has 2 heterocycles. The molecule has 122 valence electrons. The van der Waals surface area contributed by atoms with Crippen LogP contribution in [-0.4, -0.2) is 29.3 Å². The number of ether oxygens (including phenoxy) is 1. The first kappa shape index (κ1) is 16.1. The molecule has 0 radical (unpaired) electrons. The summed E-state index contributed by atoms with van der Waals surface area (Å²) in [4.78, 5) is 13.1. The van der Waals surface area contributed by atoms with Crippen LogP contribution in [0, 0.1) is 6.92 Å². The smallest absolute Gasteiger partial charge is 0.251 e. The Hall–Kier alpha value is -2.73. The van der Waals surface area contributed by atoms with Gasteiger partial charge < -0.3 is 10.1 Å². The Morgan fingerprint density at radius 1 is 1.17 bits per heavy atom. The summed E-state index contributed by atoms with van der Waals surface area (Å²) in [6, 6.07) is 15.1. The molecule has 0 aliphatic rings. The summed E-state index contributed by atoms with van der Waals surface area (Å²) in [6.45, 7) is 2.70. The standard InChI is InChI=1S/C18H17N3O2S/c1-13-4-2-5-14(12-13)18(22)19-9-10-23-17-8-7-15(20-21-17)16-6-3-11-24-16/h2-8,11-12H,9-10H2,1H3,(H,19,22). The van der Waals surface area contributed by atoms with E-state index in [2.05, 4.69) is 15.5 Å².